The summed E-state index contributed by atoms with van der Waals surface area (Å²) >= 11 is 0. The zero-order valence-electron chi connectivity index (χ0n) is 32.6. The van der Waals surface area contributed by atoms with Gasteiger partial charge in [-0.2, -0.15) is 0 Å². The summed E-state index contributed by atoms with van der Waals surface area (Å²) < 4.78 is 34.8. The smallest absolute Gasteiger partial charge is 0.327 e. The normalized spacial score (nSPS) is 40.6. The summed E-state index contributed by atoms with van der Waals surface area (Å²) in [7, 11) is 0. The molecule has 24 nitrogen and oxygen atoms in total. The van der Waals surface area contributed by atoms with Crippen molar-refractivity contribution in [2.45, 2.75) is 93.3 Å². The third-order valence-corrected chi connectivity index (χ3v) is 16.2. The van der Waals surface area contributed by atoms with Crippen LogP contribution in [0, 0.1) is 5.92 Å². The minimum atomic E-state index is -1.09. The summed E-state index contributed by atoms with van der Waals surface area (Å²) in [5, 5.41) is 0. The SMILES string of the molecule is C[C@]12N3COCN1C(=O)N1COCN(C3=O)[C@]12CCC(CC[C@]12N3COCN1C(=O)N1COCN(C3=O)[C@]12C)CC[C@]12N3COCN1C(=O)N1COCN(C3=O)[C@]12C. The highest BCUT2D eigenvalue weighted by Gasteiger charge is 2.81. The number of ether oxygens (including phenoxy) is 6. The van der Waals surface area contributed by atoms with Crippen molar-refractivity contribution in [2.75, 3.05) is 80.8 Å². The molecule has 0 aromatic heterocycles. The highest BCUT2D eigenvalue weighted by Crippen LogP contribution is 2.60. The van der Waals surface area contributed by atoms with Gasteiger partial charge in [0.25, 0.3) is 0 Å². The van der Waals surface area contributed by atoms with E-state index in [1.807, 2.05) is 20.8 Å². The van der Waals surface area contributed by atoms with Crippen molar-refractivity contribution in [3.63, 3.8) is 0 Å². The first-order chi connectivity index (χ1) is 27.9. The molecule has 0 bridgehead atoms. The molecule has 0 unspecified atom stereocenters. The van der Waals surface area contributed by atoms with E-state index in [1.165, 1.54) is 0 Å². The lowest BCUT2D eigenvalue weighted by Gasteiger charge is -2.52. The minimum absolute atomic E-state index is 0.0000905. The first kappa shape index (κ1) is 35.3. The Bertz CT molecular complexity index is 1650. The molecule has 0 N–H and O–H groups in total. The molecule has 0 aromatic carbocycles. The Morgan fingerprint density at radius 1 is 0.345 bits per heavy atom. The fraction of sp³-hybridized carbons (Fsp3) is 0.824. The maximum Gasteiger partial charge on any atom is 0.327 e. The van der Waals surface area contributed by atoms with E-state index in [1.54, 1.807) is 58.8 Å². The molecule has 12 heterocycles. The molecule has 24 heteroatoms. The van der Waals surface area contributed by atoms with Crippen LogP contribution in [-0.2, 0) is 28.4 Å². The van der Waals surface area contributed by atoms with Crippen LogP contribution in [0.15, 0.2) is 0 Å². The quantitative estimate of drug-likeness (QED) is 0.309. The van der Waals surface area contributed by atoms with Gasteiger partial charge in [0.05, 0.1) is 0 Å². The van der Waals surface area contributed by atoms with Crippen molar-refractivity contribution in [1.82, 2.24) is 58.8 Å². The van der Waals surface area contributed by atoms with Crippen LogP contribution in [-0.4, -0.2) is 210 Å². The van der Waals surface area contributed by atoms with Gasteiger partial charge in [-0.05, 0) is 65.2 Å². The average Bonchev–Trinajstić information content (AvgIpc) is 3.86. The molecule has 12 amide bonds. The van der Waals surface area contributed by atoms with Gasteiger partial charge in [-0.15, -0.1) is 0 Å². The fourth-order valence-corrected chi connectivity index (χ4v) is 13.2. The molecule has 0 saturated carbocycles. The summed E-state index contributed by atoms with van der Waals surface area (Å²) in [5.41, 5.74) is -6.43. The summed E-state index contributed by atoms with van der Waals surface area (Å²) in [5.74, 6) is -0.180. The standard InChI is InChI=1S/C34H46N12O12/c1-29-32(41-16-56-17-42(32)24(48)36(29)11-53-10-35(29)23(41)47)7-4-22(5-8-33-30(2)37-12-54-13-38(30)26(50)44(33)19-57-18-43(33)25(37)49)6-9-34-31(3)39-14-55-15-40(31)28(52)46(34)21-58-20-45(34)27(39)51/h22H,4-21H2,1-3H3/t29-,30-,31-,32+,33+,34+. The maximum absolute atomic E-state index is 14.1. The molecule has 0 aromatic rings. The molecule has 12 aliphatic rings. The molecular formula is C34H46N12O12. The van der Waals surface area contributed by atoms with Gasteiger partial charge in [-0.3, -0.25) is 58.8 Å². The number of hydrogen-bond acceptors (Lipinski definition) is 12. The van der Waals surface area contributed by atoms with E-state index in [2.05, 4.69) is 0 Å². The molecule has 0 atom stereocenters. The van der Waals surface area contributed by atoms with Crippen molar-refractivity contribution < 1.29 is 57.2 Å². The van der Waals surface area contributed by atoms with Crippen LogP contribution in [0.2, 0.25) is 0 Å². The second-order valence-corrected chi connectivity index (χ2v) is 17.6. The monoisotopic (exact) mass is 814 g/mol. The Morgan fingerprint density at radius 3 is 0.707 bits per heavy atom. The second-order valence-electron chi connectivity index (χ2n) is 17.6. The minimum Gasteiger partial charge on any atom is -0.340 e. The first-order valence-electron chi connectivity index (χ1n) is 19.9. The number of amides is 12. The van der Waals surface area contributed by atoms with Crippen LogP contribution in [0.1, 0.15) is 59.3 Å². The van der Waals surface area contributed by atoms with Crippen LogP contribution in [0.5, 0.6) is 0 Å². The number of carbonyl (C=O) groups excluding carboxylic acids is 6. The number of urea groups is 6. The van der Waals surface area contributed by atoms with Crippen LogP contribution < -0.4 is 0 Å². The third-order valence-electron chi connectivity index (χ3n) is 16.2. The van der Waals surface area contributed by atoms with E-state index in [0.717, 1.165) is 0 Å². The average molecular weight is 815 g/mol. The van der Waals surface area contributed by atoms with E-state index in [4.69, 9.17) is 28.4 Å². The van der Waals surface area contributed by atoms with Gasteiger partial charge in [0, 0.05) is 0 Å². The largest absolute Gasteiger partial charge is 0.340 e. The number of carbonyl (C=O) groups is 6. The second kappa shape index (κ2) is 10.9. The van der Waals surface area contributed by atoms with Crippen molar-refractivity contribution in [1.29, 1.82) is 0 Å². The van der Waals surface area contributed by atoms with Gasteiger partial charge < -0.3 is 28.4 Å². The highest BCUT2D eigenvalue weighted by molar-refractivity contribution is 5.90. The Balaban J connectivity index is 0.931. The molecule has 58 heavy (non-hydrogen) atoms. The molecule has 314 valence electrons. The predicted molar refractivity (Wildman–Crippen MR) is 184 cm³/mol. The lowest BCUT2D eigenvalue weighted by molar-refractivity contribution is -0.202. The van der Waals surface area contributed by atoms with Crippen molar-refractivity contribution >= 4 is 36.2 Å². The van der Waals surface area contributed by atoms with Crippen LogP contribution in [0.25, 0.3) is 0 Å². The van der Waals surface area contributed by atoms with Gasteiger partial charge in [-0.25, -0.2) is 28.8 Å². The van der Waals surface area contributed by atoms with Crippen LogP contribution >= 0.6 is 0 Å². The molecular weight excluding hydrogens is 768 g/mol. The third kappa shape index (κ3) is 3.38. The van der Waals surface area contributed by atoms with Crippen LogP contribution in [0.3, 0.4) is 0 Å². The molecule has 0 radical (unpaired) electrons. The topological polar surface area (TPSA) is 197 Å². The zero-order valence-corrected chi connectivity index (χ0v) is 32.6. The summed E-state index contributed by atoms with van der Waals surface area (Å²) in [6, 6.07) is -1.73. The predicted octanol–water partition coefficient (Wildman–Crippen LogP) is 0.278. The van der Waals surface area contributed by atoms with Gasteiger partial charge >= 0.3 is 36.2 Å². The van der Waals surface area contributed by atoms with Gasteiger partial charge in [0.2, 0.25) is 0 Å². The number of hydrogen-bond donors (Lipinski definition) is 0. The van der Waals surface area contributed by atoms with Crippen molar-refractivity contribution in [3.8, 4) is 0 Å². The summed E-state index contributed by atoms with van der Waals surface area (Å²) in [6.45, 7) is 5.89. The highest BCUT2D eigenvalue weighted by atomic mass is 16.6. The Hall–Kier alpha value is -4.62. The van der Waals surface area contributed by atoms with Gasteiger partial charge in [-0.1, -0.05) is 0 Å². The van der Waals surface area contributed by atoms with Crippen molar-refractivity contribution in [3.05, 3.63) is 0 Å². The Labute approximate surface area is 331 Å². The van der Waals surface area contributed by atoms with E-state index >= 15 is 0 Å². The lowest BCUT2D eigenvalue weighted by Crippen LogP contribution is -2.70. The van der Waals surface area contributed by atoms with E-state index in [9.17, 15) is 28.8 Å². The zero-order chi connectivity index (χ0) is 39.9. The fourth-order valence-electron chi connectivity index (χ4n) is 13.2. The van der Waals surface area contributed by atoms with E-state index in [0.29, 0.717) is 38.5 Å². The number of nitrogens with zero attached hydrogens (tertiary/aromatic N) is 12. The molecule has 12 aliphatic heterocycles. The van der Waals surface area contributed by atoms with Gasteiger partial charge in [0.15, 0.2) is 34.0 Å². The van der Waals surface area contributed by atoms with E-state index in [-0.39, 0.29) is 123 Å². The van der Waals surface area contributed by atoms with E-state index < -0.39 is 34.0 Å². The molecule has 12 fully saturated rings. The molecule has 12 saturated heterocycles. The Morgan fingerprint density at radius 2 is 0.517 bits per heavy atom. The lowest BCUT2D eigenvalue weighted by atomic mass is 9.78. The maximum atomic E-state index is 14.1. The molecule has 12 rings (SSSR count). The molecule has 0 spiro atoms. The molecule has 0 aliphatic carbocycles. The summed E-state index contributed by atoms with van der Waals surface area (Å²) in [4.78, 5) is 104. The van der Waals surface area contributed by atoms with Gasteiger partial charge in [0.1, 0.15) is 80.8 Å². The number of rotatable bonds is 9. The van der Waals surface area contributed by atoms with Crippen LogP contribution in [0.4, 0.5) is 28.8 Å². The first-order valence-corrected chi connectivity index (χ1v) is 19.9. The Kier molecular flexibility index (Phi) is 6.67. The van der Waals surface area contributed by atoms with Crippen molar-refractivity contribution in [2.24, 2.45) is 5.92 Å². The summed E-state index contributed by atoms with van der Waals surface area (Å²) in [6.07, 6.45) is 2.60.